The summed E-state index contributed by atoms with van der Waals surface area (Å²) in [4.78, 5) is 16.4. The molecule has 4 N–H and O–H groups in total. The third-order valence-electron chi connectivity index (χ3n) is 5.82. The van der Waals surface area contributed by atoms with E-state index in [4.69, 9.17) is 4.74 Å². The van der Waals surface area contributed by atoms with Crippen molar-refractivity contribution in [2.75, 3.05) is 13.2 Å². The lowest BCUT2D eigenvalue weighted by molar-refractivity contribution is 0.0168. The Labute approximate surface area is 183 Å². The van der Waals surface area contributed by atoms with Gasteiger partial charge in [0.25, 0.3) is 0 Å². The van der Waals surface area contributed by atoms with E-state index in [1.165, 1.54) is 0 Å². The molecule has 2 aromatic carbocycles. The second kappa shape index (κ2) is 8.41. The molecule has 32 heavy (non-hydrogen) atoms. The van der Waals surface area contributed by atoms with E-state index in [2.05, 4.69) is 32.6 Å². The lowest BCUT2D eigenvalue weighted by atomic mass is 9.98. The number of amides is 1. The van der Waals surface area contributed by atoms with Crippen molar-refractivity contribution in [3.8, 4) is 11.1 Å². The summed E-state index contributed by atoms with van der Waals surface area (Å²) in [5.74, 6) is -0.0486. The van der Waals surface area contributed by atoms with Gasteiger partial charge in [-0.3, -0.25) is 5.10 Å². The lowest BCUT2D eigenvalue weighted by Gasteiger charge is -2.18. The quantitative estimate of drug-likeness (QED) is 0.373. The largest absolute Gasteiger partial charge is 0.449 e. The highest BCUT2D eigenvalue weighted by Crippen LogP contribution is 2.44. The monoisotopic (exact) mass is 430 g/mol. The van der Waals surface area contributed by atoms with Gasteiger partial charge >= 0.3 is 6.09 Å². The number of nitrogens with zero attached hydrogens (tertiary/aromatic N) is 2. The van der Waals surface area contributed by atoms with Crippen LogP contribution < -0.4 is 5.32 Å². The van der Waals surface area contributed by atoms with E-state index in [-0.39, 0.29) is 19.1 Å². The van der Waals surface area contributed by atoms with E-state index in [0.29, 0.717) is 16.7 Å². The summed E-state index contributed by atoms with van der Waals surface area (Å²) in [6.07, 6.45) is -1.58. The average Bonchev–Trinajstić information content (AvgIpc) is 3.40. The van der Waals surface area contributed by atoms with Crippen LogP contribution in [0.4, 0.5) is 4.79 Å². The smallest absolute Gasteiger partial charge is 0.407 e. The molecule has 0 saturated carbocycles. The van der Waals surface area contributed by atoms with Gasteiger partial charge in [-0.1, -0.05) is 48.5 Å². The number of benzene rings is 2. The number of aromatic nitrogens is 3. The van der Waals surface area contributed by atoms with Crippen LogP contribution in [0.25, 0.3) is 22.2 Å². The molecule has 2 atom stereocenters. The van der Waals surface area contributed by atoms with Gasteiger partial charge in [0, 0.05) is 24.0 Å². The van der Waals surface area contributed by atoms with Crippen LogP contribution in [0.3, 0.4) is 0 Å². The van der Waals surface area contributed by atoms with Gasteiger partial charge in [-0.05, 0) is 34.4 Å². The molecule has 2 unspecified atom stereocenters. The van der Waals surface area contributed by atoms with Crippen molar-refractivity contribution in [1.82, 2.24) is 20.5 Å². The maximum absolute atomic E-state index is 12.3. The van der Waals surface area contributed by atoms with Crippen molar-refractivity contribution in [1.29, 1.82) is 0 Å². The molecular formula is C24H22N4O4. The third-order valence-corrected chi connectivity index (χ3v) is 5.82. The second-order valence-corrected chi connectivity index (χ2v) is 7.73. The number of pyridine rings is 1. The van der Waals surface area contributed by atoms with Gasteiger partial charge in [0.2, 0.25) is 0 Å². The van der Waals surface area contributed by atoms with Crippen LogP contribution in [0.1, 0.15) is 28.8 Å². The number of aliphatic hydroxyl groups excluding tert-OH is 2. The molecule has 0 saturated heterocycles. The summed E-state index contributed by atoms with van der Waals surface area (Å²) in [6, 6.07) is 19.6. The van der Waals surface area contributed by atoms with Gasteiger partial charge < -0.3 is 20.3 Å². The van der Waals surface area contributed by atoms with Gasteiger partial charge in [0.1, 0.15) is 18.8 Å². The van der Waals surface area contributed by atoms with Crippen LogP contribution in [-0.4, -0.2) is 50.7 Å². The van der Waals surface area contributed by atoms with E-state index in [0.717, 1.165) is 22.3 Å². The van der Waals surface area contributed by atoms with Gasteiger partial charge in [0.15, 0.2) is 5.65 Å². The molecule has 2 heterocycles. The predicted octanol–water partition coefficient (Wildman–Crippen LogP) is 2.89. The number of rotatable bonds is 6. The number of H-pyrrole nitrogens is 1. The van der Waals surface area contributed by atoms with Crippen LogP contribution in [0.5, 0.6) is 0 Å². The molecule has 1 aliphatic carbocycles. The SMILES string of the molecule is O=C(NCC(O)C(O)c1[nH]nc2ncccc12)OCC1c2ccccc2-c2ccccc21. The van der Waals surface area contributed by atoms with Crippen LogP contribution >= 0.6 is 0 Å². The highest BCUT2D eigenvalue weighted by atomic mass is 16.5. The van der Waals surface area contributed by atoms with Crippen molar-refractivity contribution >= 4 is 17.1 Å². The first-order valence-corrected chi connectivity index (χ1v) is 10.4. The van der Waals surface area contributed by atoms with Crippen LogP contribution in [0, 0.1) is 0 Å². The molecule has 0 aliphatic heterocycles. The van der Waals surface area contributed by atoms with Gasteiger partial charge in [-0.25, -0.2) is 9.78 Å². The number of alkyl carbamates (subject to hydrolysis) is 1. The molecule has 5 rings (SSSR count). The number of carbonyl (C=O) groups excluding carboxylic acids is 1. The zero-order chi connectivity index (χ0) is 22.1. The molecule has 2 aromatic heterocycles. The Bertz CT molecular complexity index is 1230. The van der Waals surface area contributed by atoms with Crippen LogP contribution in [0.2, 0.25) is 0 Å². The second-order valence-electron chi connectivity index (χ2n) is 7.73. The Kier molecular flexibility index (Phi) is 5.30. The normalized spacial score (nSPS) is 14.6. The Morgan fingerprint density at radius 2 is 1.72 bits per heavy atom. The Hall–Kier alpha value is -3.75. The number of nitrogens with one attached hydrogen (secondary N) is 2. The van der Waals surface area contributed by atoms with Crippen molar-refractivity contribution in [2.45, 2.75) is 18.1 Å². The highest BCUT2D eigenvalue weighted by Gasteiger charge is 2.29. The maximum atomic E-state index is 12.3. The fraction of sp³-hybridized carbons (Fsp3) is 0.208. The summed E-state index contributed by atoms with van der Waals surface area (Å²) in [7, 11) is 0. The summed E-state index contributed by atoms with van der Waals surface area (Å²) < 4.78 is 5.46. The van der Waals surface area contributed by atoms with Gasteiger partial charge in [-0.15, -0.1) is 0 Å². The van der Waals surface area contributed by atoms with E-state index in [1.54, 1.807) is 18.3 Å². The average molecular weight is 430 g/mol. The number of hydrogen-bond donors (Lipinski definition) is 4. The third kappa shape index (κ3) is 3.59. The minimum Gasteiger partial charge on any atom is -0.449 e. The first-order valence-electron chi connectivity index (χ1n) is 10.4. The van der Waals surface area contributed by atoms with E-state index < -0.39 is 18.3 Å². The molecule has 4 aromatic rings. The molecular weight excluding hydrogens is 408 g/mol. The molecule has 1 amide bonds. The van der Waals surface area contributed by atoms with E-state index in [1.807, 2.05) is 36.4 Å². The number of aromatic amines is 1. The highest BCUT2D eigenvalue weighted by molar-refractivity contribution is 5.79. The first-order chi connectivity index (χ1) is 15.6. The summed E-state index contributed by atoms with van der Waals surface area (Å²) in [5.41, 5.74) is 5.33. The molecule has 0 bridgehead atoms. The standard InChI is InChI=1S/C24H22N4O4/c29-20(22(30)21-18-10-5-11-25-23(18)28-27-21)12-26-24(31)32-13-19-16-8-3-1-6-14(16)15-7-2-4-9-17(15)19/h1-11,19-20,22,29-30H,12-13H2,(H,26,31)(H,25,27,28). The number of carbonyl (C=O) groups is 1. The molecule has 0 spiro atoms. The Balaban J connectivity index is 1.20. The maximum Gasteiger partial charge on any atom is 0.407 e. The first kappa shape index (κ1) is 20.2. The summed E-state index contributed by atoms with van der Waals surface area (Å²) in [6.45, 7) is -0.00597. The zero-order valence-electron chi connectivity index (χ0n) is 17.1. The van der Waals surface area contributed by atoms with Gasteiger partial charge in [0.05, 0.1) is 5.69 Å². The van der Waals surface area contributed by atoms with Gasteiger partial charge in [-0.2, -0.15) is 5.10 Å². The predicted molar refractivity (Wildman–Crippen MR) is 118 cm³/mol. The number of ether oxygens (including phenoxy) is 1. The number of aliphatic hydroxyl groups is 2. The summed E-state index contributed by atoms with van der Waals surface area (Å²) >= 11 is 0. The summed E-state index contributed by atoms with van der Waals surface area (Å²) in [5, 5.41) is 30.7. The fourth-order valence-corrected chi connectivity index (χ4v) is 4.24. The fourth-order valence-electron chi connectivity index (χ4n) is 4.24. The zero-order valence-corrected chi connectivity index (χ0v) is 17.1. The van der Waals surface area contributed by atoms with Crippen molar-refractivity contribution in [2.24, 2.45) is 0 Å². The van der Waals surface area contributed by atoms with Crippen LogP contribution in [-0.2, 0) is 4.74 Å². The van der Waals surface area contributed by atoms with Crippen molar-refractivity contribution in [3.63, 3.8) is 0 Å². The molecule has 0 radical (unpaired) electrons. The lowest BCUT2D eigenvalue weighted by Crippen LogP contribution is -2.36. The molecule has 8 heteroatoms. The van der Waals surface area contributed by atoms with E-state index >= 15 is 0 Å². The minimum absolute atomic E-state index is 0.0486. The van der Waals surface area contributed by atoms with Crippen molar-refractivity contribution < 1.29 is 19.7 Å². The minimum atomic E-state index is -1.27. The molecule has 8 nitrogen and oxygen atoms in total. The number of hydrogen-bond acceptors (Lipinski definition) is 6. The Morgan fingerprint density at radius 3 is 2.44 bits per heavy atom. The van der Waals surface area contributed by atoms with Crippen molar-refractivity contribution in [3.05, 3.63) is 83.7 Å². The number of fused-ring (bicyclic) bond motifs is 4. The van der Waals surface area contributed by atoms with Crippen LogP contribution in [0.15, 0.2) is 66.9 Å². The molecule has 0 fully saturated rings. The Morgan fingerprint density at radius 1 is 1.03 bits per heavy atom. The molecule has 162 valence electrons. The topological polar surface area (TPSA) is 120 Å². The van der Waals surface area contributed by atoms with E-state index in [9.17, 15) is 15.0 Å². The molecule has 1 aliphatic rings.